The summed E-state index contributed by atoms with van der Waals surface area (Å²) in [5, 5.41) is 2.77. The number of aromatic amines is 1. The van der Waals surface area contributed by atoms with Gasteiger partial charge in [0, 0.05) is 13.1 Å². The minimum atomic E-state index is -0.818. The Labute approximate surface area is 163 Å². The summed E-state index contributed by atoms with van der Waals surface area (Å²) in [5.41, 5.74) is 2.19. The molecule has 9 heteroatoms. The lowest BCUT2D eigenvalue weighted by atomic mass is 10.1. The lowest BCUT2D eigenvalue weighted by molar-refractivity contribution is -0.127. The first-order valence-electron chi connectivity index (χ1n) is 9.16. The number of piperazine rings is 1. The number of para-hydroxylation sites is 2. The molecule has 1 aliphatic rings. The second-order valence-electron chi connectivity index (χ2n) is 6.84. The van der Waals surface area contributed by atoms with Gasteiger partial charge in [-0.1, -0.05) is 12.1 Å². The molecule has 1 unspecified atom stereocenters. The summed E-state index contributed by atoms with van der Waals surface area (Å²) in [6.45, 7) is 0.603. The Bertz CT molecular complexity index is 1210. The molecule has 2 N–H and O–H groups in total. The fraction of sp³-hybridized carbons (Fsp3) is 0.200. The van der Waals surface area contributed by atoms with Gasteiger partial charge in [0.25, 0.3) is 5.91 Å². The van der Waals surface area contributed by atoms with Gasteiger partial charge in [-0.25, -0.2) is 14.4 Å². The Morgan fingerprint density at radius 2 is 2.17 bits per heavy atom. The van der Waals surface area contributed by atoms with E-state index >= 15 is 0 Å². The van der Waals surface area contributed by atoms with Gasteiger partial charge in [0.05, 0.1) is 23.8 Å². The molecule has 2 aromatic carbocycles. The molecule has 1 fully saturated rings. The second-order valence-corrected chi connectivity index (χ2v) is 6.84. The number of benzene rings is 2. The maximum Gasteiger partial charge on any atom is 0.256 e. The highest BCUT2D eigenvalue weighted by Crippen LogP contribution is 2.23. The van der Waals surface area contributed by atoms with Crippen molar-refractivity contribution in [1.82, 2.24) is 25.2 Å². The fourth-order valence-electron chi connectivity index (χ4n) is 3.67. The van der Waals surface area contributed by atoms with E-state index in [4.69, 9.17) is 4.42 Å². The number of H-pyrrole nitrogens is 1. The first-order valence-corrected chi connectivity index (χ1v) is 9.16. The van der Waals surface area contributed by atoms with Crippen molar-refractivity contribution in [2.24, 2.45) is 0 Å². The summed E-state index contributed by atoms with van der Waals surface area (Å²) < 4.78 is 19.7. The summed E-state index contributed by atoms with van der Waals surface area (Å²) >= 11 is 0. The molecule has 0 aliphatic carbocycles. The van der Waals surface area contributed by atoms with E-state index < -0.39 is 17.8 Å². The number of nitrogens with zero attached hydrogens (tertiary/aromatic N) is 3. The lowest BCUT2D eigenvalue weighted by Gasteiger charge is -2.34. The van der Waals surface area contributed by atoms with E-state index in [1.54, 1.807) is 6.07 Å². The van der Waals surface area contributed by atoms with E-state index in [1.807, 2.05) is 18.2 Å². The van der Waals surface area contributed by atoms with Crippen LogP contribution in [0.4, 0.5) is 4.39 Å². The number of imidazole rings is 1. The van der Waals surface area contributed by atoms with Crippen LogP contribution >= 0.6 is 0 Å². The van der Waals surface area contributed by atoms with Gasteiger partial charge in [-0.05, 0) is 24.3 Å². The van der Waals surface area contributed by atoms with Crippen LogP contribution in [0.1, 0.15) is 16.2 Å². The predicted octanol–water partition coefficient (Wildman–Crippen LogP) is 2.03. The normalized spacial score (nSPS) is 17.1. The number of fused-ring (bicyclic) bond motifs is 2. The molecule has 1 aliphatic heterocycles. The number of oxazole rings is 1. The molecule has 3 heterocycles. The number of nitrogens with one attached hydrogen (secondary N) is 2. The van der Waals surface area contributed by atoms with Crippen LogP contribution in [0.3, 0.4) is 0 Å². The van der Waals surface area contributed by atoms with Gasteiger partial charge < -0.3 is 19.6 Å². The number of rotatable bonds is 3. The zero-order valence-electron chi connectivity index (χ0n) is 15.2. The van der Waals surface area contributed by atoms with Crippen molar-refractivity contribution in [3.8, 4) is 0 Å². The highest BCUT2D eigenvalue weighted by atomic mass is 19.1. The zero-order chi connectivity index (χ0) is 20.0. The zero-order valence-corrected chi connectivity index (χ0v) is 15.2. The molecule has 0 radical (unpaired) electrons. The van der Waals surface area contributed by atoms with Gasteiger partial charge in [-0.3, -0.25) is 9.59 Å². The SMILES string of the molecule is O=C1NCCN(C(=O)c2cc(F)cc3[nH]cnc23)C1Cc1nc2ccccc2o1. The maximum atomic E-state index is 14.0. The van der Waals surface area contributed by atoms with Crippen molar-refractivity contribution < 1.29 is 18.4 Å². The van der Waals surface area contributed by atoms with E-state index in [9.17, 15) is 14.0 Å². The largest absolute Gasteiger partial charge is 0.441 e. The minimum Gasteiger partial charge on any atom is -0.441 e. The number of hydrogen-bond donors (Lipinski definition) is 2. The number of amides is 2. The number of carbonyl (C=O) groups excluding carboxylic acids is 2. The smallest absolute Gasteiger partial charge is 0.256 e. The third kappa shape index (κ3) is 3.00. The van der Waals surface area contributed by atoms with Crippen LogP contribution in [-0.4, -0.2) is 50.8 Å². The number of hydrogen-bond acceptors (Lipinski definition) is 5. The van der Waals surface area contributed by atoms with Gasteiger partial charge in [0.15, 0.2) is 11.5 Å². The Kier molecular flexibility index (Phi) is 4.01. The van der Waals surface area contributed by atoms with Crippen molar-refractivity contribution in [3.05, 3.63) is 60.0 Å². The molecule has 29 heavy (non-hydrogen) atoms. The molecule has 146 valence electrons. The summed E-state index contributed by atoms with van der Waals surface area (Å²) in [4.78, 5) is 38.6. The number of carbonyl (C=O) groups is 2. The van der Waals surface area contributed by atoms with E-state index in [0.29, 0.717) is 34.6 Å². The number of aromatic nitrogens is 3. The van der Waals surface area contributed by atoms with Crippen LogP contribution in [0.5, 0.6) is 0 Å². The van der Waals surface area contributed by atoms with Crippen LogP contribution in [0.2, 0.25) is 0 Å². The highest BCUT2D eigenvalue weighted by molar-refractivity contribution is 6.06. The Balaban J connectivity index is 1.50. The van der Waals surface area contributed by atoms with Gasteiger partial charge >= 0.3 is 0 Å². The Morgan fingerprint density at radius 1 is 1.31 bits per heavy atom. The summed E-state index contributed by atoms with van der Waals surface area (Å²) in [7, 11) is 0. The molecule has 5 rings (SSSR count). The van der Waals surface area contributed by atoms with Crippen molar-refractivity contribution in [2.75, 3.05) is 13.1 Å². The molecular weight excluding hydrogens is 377 g/mol. The quantitative estimate of drug-likeness (QED) is 0.554. The molecule has 8 nitrogen and oxygen atoms in total. The molecule has 0 spiro atoms. The topological polar surface area (TPSA) is 104 Å². The lowest BCUT2D eigenvalue weighted by Crippen LogP contribution is -2.58. The molecule has 2 aromatic heterocycles. The fourth-order valence-corrected chi connectivity index (χ4v) is 3.67. The second kappa shape index (κ2) is 6.69. The standard InChI is InChI=1S/C20H16FN5O3/c21-11-7-12(18-14(8-11)23-10-24-18)20(28)26-6-5-22-19(27)15(26)9-17-25-13-3-1-2-4-16(13)29-17/h1-4,7-8,10,15H,5-6,9H2,(H,22,27)(H,23,24). The first kappa shape index (κ1) is 17.4. The predicted molar refractivity (Wildman–Crippen MR) is 102 cm³/mol. The monoisotopic (exact) mass is 393 g/mol. The summed E-state index contributed by atoms with van der Waals surface area (Å²) in [5.74, 6) is -0.962. The summed E-state index contributed by atoms with van der Waals surface area (Å²) in [6.07, 6.45) is 1.52. The minimum absolute atomic E-state index is 0.110. The van der Waals surface area contributed by atoms with E-state index in [-0.39, 0.29) is 24.4 Å². The number of halogens is 1. The van der Waals surface area contributed by atoms with Gasteiger partial charge in [-0.15, -0.1) is 0 Å². The third-order valence-corrected chi connectivity index (χ3v) is 5.02. The van der Waals surface area contributed by atoms with E-state index in [0.717, 1.165) is 6.07 Å². The Hall–Kier alpha value is -3.75. The van der Waals surface area contributed by atoms with Crippen LogP contribution in [-0.2, 0) is 11.2 Å². The average Bonchev–Trinajstić information content (AvgIpc) is 3.34. The van der Waals surface area contributed by atoms with Crippen molar-refractivity contribution in [2.45, 2.75) is 12.5 Å². The van der Waals surface area contributed by atoms with Crippen molar-refractivity contribution in [1.29, 1.82) is 0 Å². The van der Waals surface area contributed by atoms with Crippen LogP contribution < -0.4 is 5.32 Å². The van der Waals surface area contributed by atoms with Gasteiger partial charge in [-0.2, -0.15) is 0 Å². The van der Waals surface area contributed by atoms with Crippen LogP contribution in [0.25, 0.3) is 22.1 Å². The van der Waals surface area contributed by atoms with Crippen molar-refractivity contribution >= 4 is 33.9 Å². The van der Waals surface area contributed by atoms with Crippen LogP contribution in [0.15, 0.2) is 47.1 Å². The molecular formula is C20H16FN5O3. The third-order valence-electron chi connectivity index (χ3n) is 5.02. The van der Waals surface area contributed by atoms with Gasteiger partial charge in [0.1, 0.15) is 22.9 Å². The maximum absolute atomic E-state index is 14.0. The van der Waals surface area contributed by atoms with Gasteiger partial charge in [0.2, 0.25) is 5.91 Å². The average molecular weight is 393 g/mol. The van der Waals surface area contributed by atoms with E-state index in [1.165, 1.54) is 17.3 Å². The molecule has 0 bridgehead atoms. The summed E-state index contributed by atoms with van der Waals surface area (Å²) in [6, 6.07) is 8.88. The first-order chi connectivity index (χ1) is 14.1. The molecule has 2 amide bonds. The molecule has 1 atom stereocenters. The van der Waals surface area contributed by atoms with Crippen LogP contribution in [0, 0.1) is 5.82 Å². The van der Waals surface area contributed by atoms with Crippen molar-refractivity contribution in [3.63, 3.8) is 0 Å². The molecule has 1 saturated heterocycles. The molecule has 4 aromatic rings. The van der Waals surface area contributed by atoms with E-state index in [2.05, 4.69) is 20.3 Å². The Morgan fingerprint density at radius 3 is 3.03 bits per heavy atom. The highest BCUT2D eigenvalue weighted by Gasteiger charge is 2.36. The molecule has 0 saturated carbocycles.